The molecule has 0 spiro atoms. The number of amides is 3. The van der Waals surface area contributed by atoms with Gasteiger partial charge in [0, 0.05) is 25.8 Å². The number of rotatable bonds is 8. The topological polar surface area (TPSA) is 83.8 Å². The zero-order valence-electron chi connectivity index (χ0n) is 16.7. The van der Waals surface area contributed by atoms with Gasteiger partial charge in [0.2, 0.25) is 0 Å². The monoisotopic (exact) mass is 429 g/mol. The standard InChI is InChI=1S/C22H21F2N3O4/c1-27(14-16-6-10-18(11-7-16)31-21(23)24)22(29)25-13-15-4-8-17(9-5-15)26-20(28)19-3-2-12-30-19/h2-12,21H,13-14H2,1H3,(H,25,29)(H,26,28). The second-order valence-corrected chi connectivity index (χ2v) is 6.67. The molecule has 0 aliphatic rings. The molecule has 0 bridgehead atoms. The first-order valence-corrected chi connectivity index (χ1v) is 9.37. The third-order valence-corrected chi connectivity index (χ3v) is 4.32. The molecule has 1 aromatic heterocycles. The Balaban J connectivity index is 1.45. The van der Waals surface area contributed by atoms with E-state index in [2.05, 4.69) is 15.4 Å². The Morgan fingerprint density at radius 3 is 2.32 bits per heavy atom. The molecular formula is C22H21F2N3O4. The smallest absolute Gasteiger partial charge is 0.387 e. The van der Waals surface area contributed by atoms with Crippen molar-refractivity contribution in [2.45, 2.75) is 19.7 Å². The van der Waals surface area contributed by atoms with Crippen molar-refractivity contribution >= 4 is 17.6 Å². The van der Waals surface area contributed by atoms with Gasteiger partial charge >= 0.3 is 12.6 Å². The molecular weight excluding hydrogens is 408 g/mol. The van der Waals surface area contributed by atoms with Gasteiger partial charge < -0.3 is 24.7 Å². The van der Waals surface area contributed by atoms with Crippen LogP contribution in [0.3, 0.4) is 0 Å². The highest BCUT2D eigenvalue weighted by molar-refractivity contribution is 6.02. The van der Waals surface area contributed by atoms with Gasteiger partial charge in [-0.3, -0.25) is 4.79 Å². The van der Waals surface area contributed by atoms with Gasteiger partial charge in [0.15, 0.2) is 5.76 Å². The fraction of sp³-hybridized carbons (Fsp3) is 0.182. The fourth-order valence-corrected chi connectivity index (χ4v) is 2.74. The molecule has 0 radical (unpaired) electrons. The van der Waals surface area contributed by atoms with Gasteiger partial charge in [-0.1, -0.05) is 24.3 Å². The zero-order valence-corrected chi connectivity index (χ0v) is 16.7. The summed E-state index contributed by atoms with van der Waals surface area (Å²) in [5.41, 5.74) is 2.23. The molecule has 9 heteroatoms. The molecule has 0 unspecified atom stereocenters. The molecule has 7 nitrogen and oxygen atoms in total. The first kappa shape index (κ1) is 21.8. The maximum atomic E-state index is 12.3. The number of hydrogen-bond acceptors (Lipinski definition) is 4. The van der Waals surface area contributed by atoms with Crippen LogP contribution in [0.4, 0.5) is 19.3 Å². The largest absolute Gasteiger partial charge is 0.459 e. The number of hydrogen-bond donors (Lipinski definition) is 2. The van der Waals surface area contributed by atoms with Crippen LogP contribution in [0.15, 0.2) is 71.3 Å². The van der Waals surface area contributed by atoms with E-state index in [9.17, 15) is 18.4 Å². The van der Waals surface area contributed by atoms with Crippen LogP contribution in [-0.4, -0.2) is 30.5 Å². The molecule has 0 fully saturated rings. The molecule has 0 aliphatic carbocycles. The molecule has 0 atom stereocenters. The van der Waals surface area contributed by atoms with Crippen LogP contribution in [0, 0.1) is 0 Å². The SMILES string of the molecule is CN(Cc1ccc(OC(F)F)cc1)C(=O)NCc1ccc(NC(=O)c2ccco2)cc1. The lowest BCUT2D eigenvalue weighted by Gasteiger charge is -2.18. The van der Waals surface area contributed by atoms with Gasteiger partial charge in [-0.25, -0.2) is 4.79 Å². The van der Waals surface area contributed by atoms with Crippen LogP contribution in [0.5, 0.6) is 5.75 Å². The molecule has 3 amide bonds. The van der Waals surface area contributed by atoms with E-state index in [-0.39, 0.29) is 23.4 Å². The molecule has 31 heavy (non-hydrogen) atoms. The number of urea groups is 1. The Bertz CT molecular complexity index is 991. The van der Waals surface area contributed by atoms with E-state index in [0.717, 1.165) is 11.1 Å². The first-order chi connectivity index (χ1) is 14.9. The zero-order chi connectivity index (χ0) is 22.2. The number of carbonyl (C=O) groups is 2. The summed E-state index contributed by atoms with van der Waals surface area (Å²) in [6.45, 7) is -2.27. The molecule has 0 aliphatic heterocycles. The van der Waals surface area contributed by atoms with Crippen LogP contribution >= 0.6 is 0 Å². The average molecular weight is 429 g/mol. The highest BCUT2D eigenvalue weighted by atomic mass is 19.3. The van der Waals surface area contributed by atoms with E-state index in [1.165, 1.54) is 23.3 Å². The van der Waals surface area contributed by atoms with Crippen LogP contribution < -0.4 is 15.4 Å². The van der Waals surface area contributed by atoms with Crippen molar-refractivity contribution in [1.29, 1.82) is 0 Å². The van der Waals surface area contributed by atoms with Gasteiger partial charge in [0.25, 0.3) is 5.91 Å². The lowest BCUT2D eigenvalue weighted by molar-refractivity contribution is -0.0498. The maximum Gasteiger partial charge on any atom is 0.387 e. The summed E-state index contributed by atoms with van der Waals surface area (Å²) in [4.78, 5) is 25.7. The number of nitrogens with one attached hydrogen (secondary N) is 2. The second-order valence-electron chi connectivity index (χ2n) is 6.67. The van der Waals surface area contributed by atoms with Gasteiger partial charge in [0.1, 0.15) is 5.75 Å². The van der Waals surface area contributed by atoms with Crippen molar-refractivity contribution < 1.29 is 27.5 Å². The molecule has 3 aromatic rings. The van der Waals surface area contributed by atoms with Gasteiger partial charge in [-0.15, -0.1) is 0 Å². The number of carbonyl (C=O) groups excluding carboxylic acids is 2. The van der Waals surface area contributed by atoms with Crippen molar-refractivity contribution in [3.8, 4) is 5.75 Å². The van der Waals surface area contributed by atoms with E-state index in [1.807, 2.05) is 0 Å². The summed E-state index contributed by atoms with van der Waals surface area (Å²) < 4.78 is 33.7. The third-order valence-electron chi connectivity index (χ3n) is 4.32. The third kappa shape index (κ3) is 6.56. The summed E-state index contributed by atoms with van der Waals surface area (Å²) in [5.74, 6) is -0.0632. The number of anilines is 1. The van der Waals surface area contributed by atoms with Gasteiger partial charge in [0.05, 0.1) is 6.26 Å². The number of nitrogens with zero attached hydrogens (tertiary/aromatic N) is 1. The van der Waals surface area contributed by atoms with E-state index in [1.54, 1.807) is 55.6 Å². The average Bonchev–Trinajstić information content (AvgIpc) is 3.29. The number of alkyl halides is 2. The first-order valence-electron chi connectivity index (χ1n) is 9.37. The summed E-state index contributed by atoms with van der Waals surface area (Å²) in [6, 6.07) is 16.1. The van der Waals surface area contributed by atoms with Crippen molar-refractivity contribution in [3.05, 3.63) is 83.8 Å². The van der Waals surface area contributed by atoms with Crippen LogP contribution in [0.25, 0.3) is 0 Å². The molecule has 2 aromatic carbocycles. The van der Waals surface area contributed by atoms with Crippen LogP contribution in [-0.2, 0) is 13.1 Å². The highest BCUT2D eigenvalue weighted by Gasteiger charge is 2.11. The minimum absolute atomic E-state index is 0.0645. The predicted molar refractivity (Wildman–Crippen MR) is 110 cm³/mol. The summed E-state index contributed by atoms with van der Waals surface area (Å²) in [7, 11) is 1.63. The Kier molecular flexibility index (Phi) is 7.21. The van der Waals surface area contributed by atoms with Crippen molar-refractivity contribution in [1.82, 2.24) is 10.2 Å². The molecule has 2 N–H and O–H groups in total. The van der Waals surface area contributed by atoms with Gasteiger partial charge in [-0.2, -0.15) is 8.78 Å². The molecule has 1 heterocycles. The highest BCUT2D eigenvalue weighted by Crippen LogP contribution is 2.16. The van der Waals surface area contributed by atoms with E-state index in [0.29, 0.717) is 18.8 Å². The van der Waals surface area contributed by atoms with Crippen molar-refractivity contribution in [2.24, 2.45) is 0 Å². The number of benzene rings is 2. The minimum Gasteiger partial charge on any atom is -0.459 e. The normalized spacial score (nSPS) is 10.6. The Morgan fingerprint density at radius 1 is 1.03 bits per heavy atom. The van der Waals surface area contributed by atoms with E-state index >= 15 is 0 Å². The molecule has 0 saturated heterocycles. The quantitative estimate of drug-likeness (QED) is 0.553. The van der Waals surface area contributed by atoms with Crippen LogP contribution in [0.2, 0.25) is 0 Å². The number of furan rings is 1. The maximum absolute atomic E-state index is 12.3. The minimum atomic E-state index is -2.87. The molecule has 3 rings (SSSR count). The number of halogens is 2. The second kappa shape index (κ2) is 10.2. The van der Waals surface area contributed by atoms with Crippen molar-refractivity contribution in [2.75, 3.05) is 12.4 Å². The van der Waals surface area contributed by atoms with Gasteiger partial charge in [-0.05, 0) is 47.5 Å². The lowest BCUT2D eigenvalue weighted by Crippen LogP contribution is -2.36. The van der Waals surface area contributed by atoms with E-state index in [4.69, 9.17) is 4.42 Å². The Labute approximate surface area is 177 Å². The Morgan fingerprint density at radius 2 is 1.71 bits per heavy atom. The molecule has 162 valence electrons. The summed E-state index contributed by atoms with van der Waals surface area (Å²) in [6.07, 6.45) is 1.43. The lowest BCUT2D eigenvalue weighted by atomic mass is 10.2. The number of ether oxygens (including phenoxy) is 1. The fourth-order valence-electron chi connectivity index (χ4n) is 2.74. The summed E-state index contributed by atoms with van der Waals surface area (Å²) >= 11 is 0. The van der Waals surface area contributed by atoms with E-state index < -0.39 is 6.61 Å². The summed E-state index contributed by atoms with van der Waals surface area (Å²) in [5, 5.41) is 5.52. The van der Waals surface area contributed by atoms with Crippen molar-refractivity contribution in [3.63, 3.8) is 0 Å². The predicted octanol–water partition coefficient (Wildman–Crippen LogP) is 4.47. The molecule has 0 saturated carbocycles. The Hall–Kier alpha value is -3.88. The van der Waals surface area contributed by atoms with Crippen LogP contribution in [0.1, 0.15) is 21.7 Å².